The number of hydrogen-bond acceptors (Lipinski definition) is 5. The number of aromatic nitrogens is 3. The lowest BCUT2D eigenvalue weighted by molar-refractivity contribution is -0.140. The van der Waals surface area contributed by atoms with Crippen LogP contribution in [0.1, 0.15) is 12.2 Å². The molecule has 100 valence electrons. The lowest BCUT2D eigenvalue weighted by atomic mass is 10.3. The van der Waals surface area contributed by atoms with E-state index in [9.17, 15) is 9.59 Å². The Kier molecular flexibility index (Phi) is 5.58. The number of amides is 2. The van der Waals surface area contributed by atoms with Crippen molar-refractivity contribution in [3.8, 4) is 0 Å². The van der Waals surface area contributed by atoms with Crippen LogP contribution in [0.3, 0.4) is 0 Å². The topological polar surface area (TPSA) is 140 Å². The number of urea groups is 1. The van der Waals surface area contributed by atoms with Crippen LogP contribution in [0.15, 0.2) is 6.33 Å². The quantitative estimate of drug-likeness (QED) is 0.376. The van der Waals surface area contributed by atoms with E-state index < -0.39 is 24.6 Å². The second-order valence-electron chi connectivity index (χ2n) is 3.51. The number of nitrogens with one attached hydrogen (secondary N) is 3. The molecule has 0 aliphatic carbocycles. The second kappa shape index (κ2) is 7.22. The Hall–Kier alpha value is -2.16. The summed E-state index contributed by atoms with van der Waals surface area (Å²) in [7, 11) is 0. The van der Waals surface area contributed by atoms with E-state index in [0.29, 0.717) is 19.4 Å². The molecule has 0 saturated carbocycles. The number of hydrogen-bond donors (Lipinski definition) is 5. The van der Waals surface area contributed by atoms with E-state index in [-0.39, 0.29) is 0 Å². The summed E-state index contributed by atoms with van der Waals surface area (Å²) in [4.78, 5) is 25.7. The highest BCUT2D eigenvalue weighted by Gasteiger charge is 2.17. The van der Waals surface area contributed by atoms with Gasteiger partial charge in [-0.05, 0) is 6.42 Å². The highest BCUT2D eigenvalue weighted by atomic mass is 16.4. The molecule has 1 heterocycles. The number of H-pyrrole nitrogens is 1. The molecule has 1 aromatic heterocycles. The molecule has 1 aromatic rings. The van der Waals surface area contributed by atoms with Crippen molar-refractivity contribution in [2.75, 3.05) is 13.2 Å². The SMILES string of the molecule is O=C(NCCCc1ncn[nH]1)N[C@@H](CO)C(=O)O. The number of carboxylic acid groups (broad SMARTS) is 1. The third-order valence-corrected chi connectivity index (χ3v) is 2.13. The Morgan fingerprint density at radius 2 is 2.28 bits per heavy atom. The van der Waals surface area contributed by atoms with Gasteiger partial charge in [-0.1, -0.05) is 0 Å². The fourth-order valence-electron chi connectivity index (χ4n) is 1.20. The minimum absolute atomic E-state index is 0.365. The minimum Gasteiger partial charge on any atom is -0.480 e. The summed E-state index contributed by atoms with van der Waals surface area (Å²) in [5, 5.41) is 28.3. The van der Waals surface area contributed by atoms with Crippen molar-refractivity contribution in [1.82, 2.24) is 25.8 Å². The van der Waals surface area contributed by atoms with Crippen molar-refractivity contribution in [2.24, 2.45) is 0 Å². The molecule has 0 unspecified atom stereocenters. The van der Waals surface area contributed by atoms with Crippen molar-refractivity contribution in [3.63, 3.8) is 0 Å². The van der Waals surface area contributed by atoms with E-state index >= 15 is 0 Å². The smallest absolute Gasteiger partial charge is 0.328 e. The molecule has 0 aromatic carbocycles. The fraction of sp³-hybridized carbons (Fsp3) is 0.556. The van der Waals surface area contributed by atoms with Crippen molar-refractivity contribution < 1.29 is 19.8 Å². The summed E-state index contributed by atoms with van der Waals surface area (Å²) >= 11 is 0. The van der Waals surface area contributed by atoms with Gasteiger partial charge in [-0.15, -0.1) is 0 Å². The third-order valence-electron chi connectivity index (χ3n) is 2.13. The van der Waals surface area contributed by atoms with Gasteiger partial charge in [-0.3, -0.25) is 5.10 Å². The average Bonchev–Trinajstić information content (AvgIpc) is 2.84. The zero-order chi connectivity index (χ0) is 13.4. The first-order valence-corrected chi connectivity index (χ1v) is 5.35. The molecule has 0 spiro atoms. The van der Waals surface area contributed by atoms with Crippen molar-refractivity contribution in [2.45, 2.75) is 18.9 Å². The molecule has 0 saturated heterocycles. The fourth-order valence-corrected chi connectivity index (χ4v) is 1.20. The first kappa shape index (κ1) is 13.9. The van der Waals surface area contributed by atoms with Gasteiger partial charge < -0.3 is 20.8 Å². The van der Waals surface area contributed by atoms with E-state index in [1.54, 1.807) is 0 Å². The van der Waals surface area contributed by atoms with Crippen LogP contribution in [0.2, 0.25) is 0 Å². The lowest BCUT2D eigenvalue weighted by Crippen LogP contribution is -2.48. The number of rotatable bonds is 7. The number of aliphatic carboxylic acids is 1. The lowest BCUT2D eigenvalue weighted by Gasteiger charge is -2.12. The highest BCUT2D eigenvalue weighted by Crippen LogP contribution is 1.91. The summed E-state index contributed by atoms with van der Waals surface area (Å²) in [6, 6.07) is -1.92. The normalized spacial score (nSPS) is 11.8. The monoisotopic (exact) mass is 257 g/mol. The first-order chi connectivity index (χ1) is 8.63. The molecule has 0 aliphatic heterocycles. The van der Waals surface area contributed by atoms with E-state index in [1.165, 1.54) is 6.33 Å². The van der Waals surface area contributed by atoms with Gasteiger partial charge >= 0.3 is 12.0 Å². The standard InChI is InChI=1S/C9H15N5O4/c15-4-6(8(16)17)13-9(18)10-3-1-2-7-11-5-12-14-7/h5-6,15H,1-4H2,(H,16,17)(H2,10,13,18)(H,11,12,14)/t6-/m0/s1. The number of aliphatic hydroxyl groups is 1. The van der Waals surface area contributed by atoms with E-state index in [4.69, 9.17) is 10.2 Å². The Morgan fingerprint density at radius 1 is 1.50 bits per heavy atom. The summed E-state index contributed by atoms with van der Waals surface area (Å²) < 4.78 is 0. The number of nitrogens with zero attached hydrogens (tertiary/aromatic N) is 2. The predicted molar refractivity (Wildman–Crippen MR) is 59.7 cm³/mol. The average molecular weight is 257 g/mol. The van der Waals surface area contributed by atoms with Crippen molar-refractivity contribution in [3.05, 3.63) is 12.2 Å². The van der Waals surface area contributed by atoms with Gasteiger partial charge in [0.1, 0.15) is 12.2 Å². The van der Waals surface area contributed by atoms with Crippen LogP contribution in [0.25, 0.3) is 0 Å². The molecular weight excluding hydrogens is 242 g/mol. The highest BCUT2D eigenvalue weighted by molar-refractivity contribution is 5.82. The number of carboxylic acids is 1. The maximum absolute atomic E-state index is 11.2. The number of carbonyl (C=O) groups excluding carboxylic acids is 1. The molecule has 1 rings (SSSR count). The third kappa shape index (κ3) is 4.78. The second-order valence-corrected chi connectivity index (χ2v) is 3.51. The summed E-state index contributed by atoms with van der Waals surface area (Å²) in [5.74, 6) is -0.565. The summed E-state index contributed by atoms with van der Waals surface area (Å²) in [6.07, 6.45) is 2.66. The van der Waals surface area contributed by atoms with Gasteiger partial charge in [-0.25, -0.2) is 14.6 Å². The predicted octanol–water partition coefficient (Wildman–Crippen LogP) is -1.52. The molecule has 2 amide bonds. The van der Waals surface area contributed by atoms with E-state index in [0.717, 1.165) is 5.82 Å². The largest absolute Gasteiger partial charge is 0.480 e. The molecule has 9 nitrogen and oxygen atoms in total. The Balaban J connectivity index is 2.15. The van der Waals surface area contributed by atoms with Crippen LogP contribution in [-0.2, 0) is 11.2 Å². The van der Waals surface area contributed by atoms with E-state index in [2.05, 4.69) is 25.8 Å². The Bertz CT molecular complexity index is 380. The van der Waals surface area contributed by atoms with Gasteiger partial charge in [0.15, 0.2) is 6.04 Å². The van der Waals surface area contributed by atoms with Gasteiger partial charge in [0.05, 0.1) is 6.61 Å². The Labute approximate surface area is 103 Å². The first-order valence-electron chi connectivity index (χ1n) is 5.35. The number of aryl methyl sites for hydroxylation is 1. The Morgan fingerprint density at radius 3 is 2.83 bits per heavy atom. The molecule has 0 aliphatic rings. The molecule has 0 bridgehead atoms. The zero-order valence-corrected chi connectivity index (χ0v) is 9.59. The maximum atomic E-state index is 11.2. The summed E-state index contributed by atoms with van der Waals surface area (Å²) in [5.41, 5.74) is 0. The minimum atomic E-state index is -1.29. The van der Waals surface area contributed by atoms with Crippen LogP contribution >= 0.6 is 0 Å². The van der Waals surface area contributed by atoms with Crippen molar-refractivity contribution in [1.29, 1.82) is 0 Å². The van der Waals surface area contributed by atoms with Crippen LogP contribution in [0, 0.1) is 0 Å². The van der Waals surface area contributed by atoms with Crippen LogP contribution in [0.5, 0.6) is 0 Å². The molecule has 0 radical (unpaired) electrons. The molecular formula is C9H15N5O4. The molecule has 1 atom stereocenters. The number of aromatic amines is 1. The number of carbonyl (C=O) groups is 2. The van der Waals surface area contributed by atoms with Gasteiger partial charge in [-0.2, -0.15) is 5.10 Å². The van der Waals surface area contributed by atoms with Crippen LogP contribution in [-0.4, -0.2) is 56.6 Å². The zero-order valence-electron chi connectivity index (χ0n) is 9.59. The van der Waals surface area contributed by atoms with E-state index in [1.807, 2.05) is 0 Å². The van der Waals surface area contributed by atoms with Gasteiger partial charge in [0.25, 0.3) is 0 Å². The van der Waals surface area contributed by atoms with Crippen LogP contribution < -0.4 is 10.6 Å². The molecule has 0 fully saturated rings. The molecule has 5 N–H and O–H groups in total. The van der Waals surface area contributed by atoms with Gasteiger partial charge in [0, 0.05) is 13.0 Å². The summed E-state index contributed by atoms with van der Waals surface area (Å²) in [6.45, 7) is -0.287. The van der Waals surface area contributed by atoms with Gasteiger partial charge in [0.2, 0.25) is 0 Å². The van der Waals surface area contributed by atoms with Crippen molar-refractivity contribution >= 4 is 12.0 Å². The molecule has 18 heavy (non-hydrogen) atoms. The molecule has 9 heteroatoms. The number of aliphatic hydroxyl groups excluding tert-OH is 1. The van der Waals surface area contributed by atoms with Crippen LogP contribution in [0.4, 0.5) is 4.79 Å². The maximum Gasteiger partial charge on any atom is 0.328 e.